The molecular weight excluding hydrogens is 294 g/mol. The van der Waals surface area contributed by atoms with Crippen molar-refractivity contribution >= 4 is 12.2 Å². The number of rotatable bonds is 8. The van der Waals surface area contributed by atoms with E-state index in [4.69, 9.17) is 9.47 Å². The second-order valence-corrected chi connectivity index (χ2v) is 4.99. The van der Waals surface area contributed by atoms with E-state index in [1.807, 2.05) is 31.2 Å². The number of nitrogens with one attached hydrogen (secondary N) is 1. The SMILES string of the molecule is Cc1cccc(OCCNC(=O)COc2ccc(C=O)cc2)c1. The van der Waals surface area contributed by atoms with Crippen LogP contribution >= 0.6 is 0 Å². The zero-order valence-corrected chi connectivity index (χ0v) is 13.0. The predicted octanol–water partition coefficient (Wildman–Crippen LogP) is 2.38. The van der Waals surface area contributed by atoms with Crippen LogP contribution in [0.1, 0.15) is 15.9 Å². The van der Waals surface area contributed by atoms with Gasteiger partial charge < -0.3 is 14.8 Å². The van der Waals surface area contributed by atoms with Crippen LogP contribution < -0.4 is 14.8 Å². The Morgan fingerprint density at radius 2 is 1.87 bits per heavy atom. The summed E-state index contributed by atoms with van der Waals surface area (Å²) in [4.78, 5) is 22.2. The number of carbonyl (C=O) groups excluding carboxylic acids is 2. The first kappa shape index (κ1) is 16.5. The molecule has 0 bridgehead atoms. The standard InChI is InChI=1S/C18H19NO4/c1-14-3-2-4-17(11-14)22-10-9-19-18(21)13-23-16-7-5-15(12-20)6-8-16/h2-8,11-12H,9-10,13H2,1H3,(H,19,21). The fraction of sp³-hybridized carbons (Fsp3) is 0.222. The topological polar surface area (TPSA) is 64.6 Å². The number of aldehydes is 1. The van der Waals surface area contributed by atoms with Crippen molar-refractivity contribution < 1.29 is 19.1 Å². The summed E-state index contributed by atoms with van der Waals surface area (Å²) in [5.74, 6) is 1.10. The van der Waals surface area contributed by atoms with Gasteiger partial charge in [-0.2, -0.15) is 0 Å². The molecule has 0 aromatic heterocycles. The summed E-state index contributed by atoms with van der Waals surface area (Å²) in [6.45, 7) is 2.71. The van der Waals surface area contributed by atoms with Gasteiger partial charge >= 0.3 is 0 Å². The summed E-state index contributed by atoms with van der Waals surface area (Å²) in [7, 11) is 0. The number of benzene rings is 2. The van der Waals surface area contributed by atoms with Crippen LogP contribution in [0.25, 0.3) is 0 Å². The minimum Gasteiger partial charge on any atom is -0.492 e. The van der Waals surface area contributed by atoms with Crippen molar-refractivity contribution in [1.29, 1.82) is 0 Å². The quantitative estimate of drug-likeness (QED) is 0.600. The molecule has 5 nitrogen and oxygen atoms in total. The van der Waals surface area contributed by atoms with Crippen molar-refractivity contribution in [3.63, 3.8) is 0 Å². The summed E-state index contributed by atoms with van der Waals surface area (Å²) in [5, 5.41) is 2.72. The number of aryl methyl sites for hydroxylation is 1. The van der Waals surface area contributed by atoms with E-state index in [1.165, 1.54) is 0 Å². The van der Waals surface area contributed by atoms with Gasteiger partial charge in [-0.05, 0) is 48.9 Å². The largest absolute Gasteiger partial charge is 0.492 e. The van der Waals surface area contributed by atoms with Crippen LogP contribution in [-0.4, -0.2) is 32.0 Å². The van der Waals surface area contributed by atoms with Crippen LogP contribution in [0, 0.1) is 6.92 Å². The van der Waals surface area contributed by atoms with Gasteiger partial charge in [0.05, 0.1) is 6.54 Å². The van der Waals surface area contributed by atoms with Gasteiger partial charge in [-0.1, -0.05) is 12.1 Å². The highest BCUT2D eigenvalue weighted by Gasteiger charge is 2.03. The Kier molecular flexibility index (Phi) is 6.17. The highest BCUT2D eigenvalue weighted by molar-refractivity contribution is 5.77. The van der Waals surface area contributed by atoms with Gasteiger partial charge in [0.2, 0.25) is 0 Å². The third-order valence-electron chi connectivity index (χ3n) is 3.07. The summed E-state index contributed by atoms with van der Waals surface area (Å²) in [5.41, 5.74) is 1.69. The van der Waals surface area contributed by atoms with Crippen LogP contribution in [0.5, 0.6) is 11.5 Å². The first-order valence-electron chi connectivity index (χ1n) is 7.31. The number of hydrogen-bond donors (Lipinski definition) is 1. The summed E-state index contributed by atoms with van der Waals surface area (Å²) < 4.78 is 10.9. The molecule has 2 rings (SSSR count). The lowest BCUT2D eigenvalue weighted by Gasteiger charge is -2.09. The number of amides is 1. The van der Waals surface area contributed by atoms with E-state index >= 15 is 0 Å². The van der Waals surface area contributed by atoms with Crippen molar-refractivity contribution in [3.8, 4) is 11.5 Å². The fourth-order valence-corrected chi connectivity index (χ4v) is 1.91. The Morgan fingerprint density at radius 1 is 1.09 bits per heavy atom. The molecule has 0 spiro atoms. The van der Waals surface area contributed by atoms with E-state index in [9.17, 15) is 9.59 Å². The van der Waals surface area contributed by atoms with Gasteiger partial charge in [-0.3, -0.25) is 9.59 Å². The first-order valence-corrected chi connectivity index (χ1v) is 7.31. The van der Waals surface area contributed by atoms with E-state index < -0.39 is 0 Å². The van der Waals surface area contributed by atoms with E-state index in [2.05, 4.69) is 5.32 Å². The maximum Gasteiger partial charge on any atom is 0.258 e. The molecule has 0 saturated carbocycles. The Balaban J connectivity index is 1.64. The molecule has 2 aromatic carbocycles. The molecule has 0 aliphatic rings. The van der Waals surface area contributed by atoms with Crippen LogP contribution in [0.2, 0.25) is 0 Å². The average Bonchev–Trinajstić information content (AvgIpc) is 2.57. The molecule has 0 saturated heterocycles. The fourth-order valence-electron chi connectivity index (χ4n) is 1.91. The molecule has 1 N–H and O–H groups in total. The molecule has 0 atom stereocenters. The number of hydrogen-bond acceptors (Lipinski definition) is 4. The zero-order chi connectivity index (χ0) is 16.5. The Bertz CT molecular complexity index is 652. The summed E-state index contributed by atoms with van der Waals surface area (Å²) in [6, 6.07) is 14.3. The smallest absolute Gasteiger partial charge is 0.258 e. The van der Waals surface area contributed by atoms with E-state index in [0.29, 0.717) is 24.5 Å². The molecule has 0 fully saturated rings. The minimum absolute atomic E-state index is 0.0785. The van der Waals surface area contributed by atoms with Crippen LogP contribution in [0.15, 0.2) is 48.5 Å². The van der Waals surface area contributed by atoms with Crippen LogP contribution in [-0.2, 0) is 4.79 Å². The molecule has 23 heavy (non-hydrogen) atoms. The molecule has 5 heteroatoms. The monoisotopic (exact) mass is 313 g/mol. The minimum atomic E-state index is -0.225. The average molecular weight is 313 g/mol. The molecular formula is C18H19NO4. The molecule has 0 radical (unpaired) electrons. The molecule has 2 aromatic rings. The van der Waals surface area contributed by atoms with E-state index in [-0.39, 0.29) is 12.5 Å². The maximum absolute atomic E-state index is 11.7. The summed E-state index contributed by atoms with van der Waals surface area (Å²) >= 11 is 0. The third kappa shape index (κ3) is 5.82. The van der Waals surface area contributed by atoms with Gasteiger partial charge in [-0.15, -0.1) is 0 Å². The molecule has 1 amide bonds. The highest BCUT2D eigenvalue weighted by atomic mass is 16.5. The van der Waals surface area contributed by atoms with Gasteiger partial charge in [0.1, 0.15) is 24.4 Å². The van der Waals surface area contributed by atoms with Gasteiger partial charge in [0.25, 0.3) is 5.91 Å². The lowest BCUT2D eigenvalue weighted by atomic mass is 10.2. The lowest BCUT2D eigenvalue weighted by molar-refractivity contribution is -0.123. The second kappa shape index (κ2) is 8.58. The molecule has 120 valence electrons. The van der Waals surface area contributed by atoms with E-state index in [0.717, 1.165) is 17.6 Å². The predicted molar refractivity (Wildman–Crippen MR) is 87.0 cm³/mol. The number of ether oxygens (including phenoxy) is 2. The van der Waals surface area contributed by atoms with Crippen molar-refractivity contribution in [2.75, 3.05) is 19.8 Å². The van der Waals surface area contributed by atoms with Crippen molar-refractivity contribution in [2.45, 2.75) is 6.92 Å². The Morgan fingerprint density at radius 3 is 2.57 bits per heavy atom. The van der Waals surface area contributed by atoms with Crippen LogP contribution in [0.3, 0.4) is 0 Å². The normalized spacial score (nSPS) is 9.96. The van der Waals surface area contributed by atoms with Crippen molar-refractivity contribution in [3.05, 3.63) is 59.7 Å². The lowest BCUT2D eigenvalue weighted by Crippen LogP contribution is -2.32. The molecule has 0 heterocycles. The molecule has 0 aliphatic carbocycles. The second-order valence-electron chi connectivity index (χ2n) is 4.99. The van der Waals surface area contributed by atoms with Gasteiger partial charge in [0.15, 0.2) is 6.61 Å². The van der Waals surface area contributed by atoms with E-state index in [1.54, 1.807) is 24.3 Å². The first-order chi connectivity index (χ1) is 11.2. The Hall–Kier alpha value is -2.82. The zero-order valence-electron chi connectivity index (χ0n) is 13.0. The Labute approximate surface area is 135 Å². The van der Waals surface area contributed by atoms with Crippen molar-refractivity contribution in [2.24, 2.45) is 0 Å². The van der Waals surface area contributed by atoms with Gasteiger partial charge in [0, 0.05) is 5.56 Å². The summed E-state index contributed by atoms with van der Waals surface area (Å²) in [6.07, 6.45) is 0.755. The van der Waals surface area contributed by atoms with Crippen LogP contribution in [0.4, 0.5) is 0 Å². The van der Waals surface area contributed by atoms with Gasteiger partial charge in [-0.25, -0.2) is 0 Å². The highest BCUT2D eigenvalue weighted by Crippen LogP contribution is 2.12. The van der Waals surface area contributed by atoms with Crippen molar-refractivity contribution in [1.82, 2.24) is 5.32 Å². The molecule has 0 aliphatic heterocycles. The molecule has 0 unspecified atom stereocenters. The maximum atomic E-state index is 11.7. The third-order valence-corrected chi connectivity index (χ3v) is 3.07. The number of carbonyl (C=O) groups is 2.